The van der Waals surface area contributed by atoms with E-state index in [1.807, 2.05) is 0 Å². The standard InChI is InChI=1S/C22H24N2O7/c1-5-10-24-15-9-7-6-8-14(15)22(21(24)27)16(20(26)30-12-11-28-3)13(2)31-18(23)17(22)19(25)29-4/h5-9H,1,10-12,23H2,2-4H3. The molecule has 3 rings (SSSR count). The number of methoxy groups -OCH3 is 2. The summed E-state index contributed by atoms with van der Waals surface area (Å²) in [6, 6.07) is 6.83. The molecule has 9 nitrogen and oxygen atoms in total. The number of anilines is 1. The van der Waals surface area contributed by atoms with E-state index in [1.165, 1.54) is 18.9 Å². The van der Waals surface area contributed by atoms with Gasteiger partial charge in [-0.05, 0) is 13.0 Å². The van der Waals surface area contributed by atoms with Gasteiger partial charge in [-0.1, -0.05) is 24.3 Å². The maximum atomic E-state index is 14.0. The molecule has 1 amide bonds. The zero-order chi connectivity index (χ0) is 22.8. The van der Waals surface area contributed by atoms with Crippen LogP contribution in [0.15, 0.2) is 59.7 Å². The van der Waals surface area contributed by atoms with E-state index < -0.39 is 23.3 Å². The van der Waals surface area contributed by atoms with Crippen LogP contribution in [0, 0.1) is 0 Å². The van der Waals surface area contributed by atoms with Crippen LogP contribution in [0.1, 0.15) is 12.5 Å². The van der Waals surface area contributed by atoms with E-state index in [4.69, 9.17) is 24.7 Å². The van der Waals surface area contributed by atoms with Gasteiger partial charge in [0.2, 0.25) is 11.8 Å². The molecule has 0 radical (unpaired) electrons. The van der Waals surface area contributed by atoms with Gasteiger partial charge in [-0.15, -0.1) is 6.58 Å². The fourth-order valence-corrected chi connectivity index (χ4v) is 4.03. The fourth-order valence-electron chi connectivity index (χ4n) is 4.03. The number of nitrogens with two attached hydrogens (primary N) is 1. The lowest BCUT2D eigenvalue weighted by Gasteiger charge is -2.36. The predicted octanol–water partition coefficient (Wildman–Crippen LogP) is 1.29. The number of nitrogens with zero attached hydrogens (tertiary/aromatic N) is 1. The van der Waals surface area contributed by atoms with Crippen molar-refractivity contribution in [2.24, 2.45) is 5.73 Å². The van der Waals surface area contributed by atoms with E-state index in [0.717, 1.165) is 7.11 Å². The van der Waals surface area contributed by atoms with Crippen LogP contribution in [0.25, 0.3) is 0 Å². The van der Waals surface area contributed by atoms with E-state index >= 15 is 0 Å². The van der Waals surface area contributed by atoms with E-state index in [0.29, 0.717) is 11.3 Å². The Hall–Kier alpha value is -3.59. The van der Waals surface area contributed by atoms with Crippen LogP contribution < -0.4 is 10.6 Å². The number of amides is 1. The molecule has 2 aliphatic heterocycles. The van der Waals surface area contributed by atoms with Crippen LogP contribution in [-0.2, 0) is 38.7 Å². The second-order valence-corrected chi connectivity index (χ2v) is 6.86. The van der Waals surface area contributed by atoms with Crippen LogP contribution in [0.5, 0.6) is 0 Å². The summed E-state index contributed by atoms with van der Waals surface area (Å²) in [4.78, 5) is 41.5. The van der Waals surface area contributed by atoms with Crippen LogP contribution in [0.3, 0.4) is 0 Å². The topological polar surface area (TPSA) is 117 Å². The van der Waals surface area contributed by atoms with E-state index in [1.54, 1.807) is 30.3 Å². The first kappa shape index (κ1) is 22.1. The van der Waals surface area contributed by atoms with Crippen LogP contribution in [0.4, 0.5) is 5.69 Å². The highest BCUT2D eigenvalue weighted by molar-refractivity contribution is 6.22. The Morgan fingerprint density at radius 2 is 1.90 bits per heavy atom. The summed E-state index contributed by atoms with van der Waals surface area (Å²) in [7, 11) is 2.62. The molecule has 0 fully saturated rings. The molecule has 1 aromatic carbocycles. The zero-order valence-electron chi connectivity index (χ0n) is 17.6. The summed E-state index contributed by atoms with van der Waals surface area (Å²) in [6.45, 7) is 5.44. The summed E-state index contributed by atoms with van der Waals surface area (Å²) in [5.74, 6) is -2.54. The van der Waals surface area contributed by atoms with Gasteiger partial charge in [0.1, 0.15) is 28.9 Å². The summed E-state index contributed by atoms with van der Waals surface area (Å²) in [6.07, 6.45) is 1.55. The lowest BCUT2D eigenvalue weighted by molar-refractivity contribution is -0.143. The number of benzene rings is 1. The smallest absolute Gasteiger partial charge is 0.340 e. The number of hydrogen-bond acceptors (Lipinski definition) is 8. The Bertz CT molecular complexity index is 1010. The maximum absolute atomic E-state index is 14.0. The summed E-state index contributed by atoms with van der Waals surface area (Å²) in [5.41, 5.74) is 4.69. The molecule has 1 aromatic rings. The molecule has 9 heteroatoms. The molecule has 1 spiro atoms. The van der Waals surface area contributed by atoms with Crippen molar-refractivity contribution in [3.63, 3.8) is 0 Å². The van der Waals surface area contributed by atoms with Gasteiger partial charge in [0.15, 0.2) is 0 Å². The number of esters is 2. The molecule has 2 N–H and O–H groups in total. The molecule has 164 valence electrons. The number of carbonyl (C=O) groups is 3. The average molecular weight is 428 g/mol. The molecule has 0 aromatic heterocycles. The molecule has 0 saturated carbocycles. The van der Waals surface area contributed by atoms with Gasteiger partial charge in [0.05, 0.1) is 13.7 Å². The van der Waals surface area contributed by atoms with Crippen molar-refractivity contribution in [2.45, 2.75) is 12.3 Å². The summed E-state index contributed by atoms with van der Waals surface area (Å²) < 4.78 is 20.7. The van der Waals surface area contributed by atoms with Gasteiger partial charge in [0, 0.05) is 24.9 Å². The number of fused-ring (bicyclic) bond motifs is 2. The van der Waals surface area contributed by atoms with E-state index in [2.05, 4.69) is 6.58 Å². The molecular weight excluding hydrogens is 404 g/mol. The number of ether oxygens (including phenoxy) is 4. The Labute approximate surface area is 179 Å². The Morgan fingerprint density at radius 1 is 1.19 bits per heavy atom. The quantitative estimate of drug-likeness (QED) is 0.392. The molecule has 1 unspecified atom stereocenters. The van der Waals surface area contributed by atoms with Gasteiger partial charge in [0.25, 0.3) is 0 Å². The van der Waals surface area contributed by atoms with Crippen molar-refractivity contribution in [3.05, 3.63) is 65.3 Å². The van der Waals surface area contributed by atoms with Gasteiger partial charge in [-0.3, -0.25) is 4.79 Å². The minimum Gasteiger partial charge on any atom is -0.465 e. The Balaban J connectivity index is 2.34. The third-order valence-electron chi connectivity index (χ3n) is 5.20. The van der Waals surface area contributed by atoms with Crippen molar-refractivity contribution in [1.29, 1.82) is 0 Å². The molecule has 31 heavy (non-hydrogen) atoms. The first-order chi connectivity index (χ1) is 14.9. The van der Waals surface area contributed by atoms with Crippen LogP contribution in [0.2, 0.25) is 0 Å². The van der Waals surface area contributed by atoms with Gasteiger partial charge in [-0.2, -0.15) is 0 Å². The molecule has 0 saturated heterocycles. The normalized spacial score (nSPS) is 20.0. The molecular formula is C22H24N2O7. The largest absolute Gasteiger partial charge is 0.465 e. The molecule has 2 heterocycles. The van der Waals surface area contributed by atoms with Crippen molar-refractivity contribution < 1.29 is 33.3 Å². The van der Waals surface area contributed by atoms with Gasteiger partial charge in [-0.25, -0.2) is 9.59 Å². The lowest BCUT2D eigenvalue weighted by atomic mass is 9.67. The van der Waals surface area contributed by atoms with E-state index in [-0.39, 0.29) is 42.5 Å². The minimum atomic E-state index is -1.89. The number of para-hydroxylation sites is 1. The Morgan fingerprint density at radius 3 is 2.55 bits per heavy atom. The highest BCUT2D eigenvalue weighted by atomic mass is 16.6. The predicted molar refractivity (Wildman–Crippen MR) is 111 cm³/mol. The molecule has 0 aliphatic carbocycles. The first-order valence-electron chi connectivity index (χ1n) is 9.52. The minimum absolute atomic E-state index is 0.0520. The molecule has 0 bridgehead atoms. The number of rotatable bonds is 7. The van der Waals surface area contributed by atoms with Crippen molar-refractivity contribution >= 4 is 23.5 Å². The number of carbonyl (C=O) groups excluding carboxylic acids is 3. The van der Waals surface area contributed by atoms with Crippen LogP contribution >= 0.6 is 0 Å². The van der Waals surface area contributed by atoms with Crippen molar-refractivity contribution in [2.75, 3.05) is 38.9 Å². The Kier molecular flexibility index (Phi) is 6.16. The third kappa shape index (κ3) is 3.27. The van der Waals surface area contributed by atoms with Crippen molar-refractivity contribution in [1.82, 2.24) is 0 Å². The summed E-state index contributed by atoms with van der Waals surface area (Å²) >= 11 is 0. The van der Waals surface area contributed by atoms with E-state index in [9.17, 15) is 14.4 Å². The molecule has 1 atom stereocenters. The third-order valence-corrected chi connectivity index (χ3v) is 5.20. The summed E-state index contributed by atoms with van der Waals surface area (Å²) in [5, 5.41) is 0. The maximum Gasteiger partial charge on any atom is 0.340 e. The first-order valence-corrected chi connectivity index (χ1v) is 9.52. The highest BCUT2D eigenvalue weighted by Gasteiger charge is 2.63. The average Bonchev–Trinajstić information content (AvgIpc) is 2.97. The number of hydrogen-bond donors (Lipinski definition) is 1. The van der Waals surface area contributed by atoms with Crippen molar-refractivity contribution in [3.8, 4) is 0 Å². The van der Waals surface area contributed by atoms with Crippen LogP contribution in [-0.4, -0.2) is 51.8 Å². The number of allylic oxidation sites excluding steroid dienone is 1. The van der Waals surface area contributed by atoms with Gasteiger partial charge >= 0.3 is 11.9 Å². The SMILES string of the molecule is C=CCN1C(=O)C2(C(C(=O)OCCOC)=C(C)OC(N)=C2C(=O)OC)c2ccccc21. The fraction of sp³-hybridized carbons (Fsp3) is 0.318. The molecule has 2 aliphatic rings. The monoisotopic (exact) mass is 428 g/mol. The second-order valence-electron chi connectivity index (χ2n) is 6.86. The second kappa shape index (κ2) is 8.65. The zero-order valence-corrected chi connectivity index (χ0v) is 17.6. The lowest BCUT2D eigenvalue weighted by Crippen LogP contribution is -2.50. The van der Waals surface area contributed by atoms with Gasteiger partial charge < -0.3 is 29.6 Å². The highest BCUT2D eigenvalue weighted by Crippen LogP contribution is 2.54.